The van der Waals surface area contributed by atoms with E-state index < -0.39 is 0 Å². The summed E-state index contributed by atoms with van der Waals surface area (Å²) in [5, 5.41) is 0.762. The van der Waals surface area contributed by atoms with Crippen LogP contribution in [-0.4, -0.2) is 9.55 Å². The van der Waals surface area contributed by atoms with Gasteiger partial charge in [0.2, 0.25) is 0 Å². The Labute approximate surface area is 124 Å². The third kappa shape index (κ3) is 3.83. The van der Waals surface area contributed by atoms with E-state index in [1.165, 1.54) is 38.5 Å². The van der Waals surface area contributed by atoms with Crippen molar-refractivity contribution in [2.24, 2.45) is 0 Å². The number of H-pyrrole nitrogens is 1. The van der Waals surface area contributed by atoms with E-state index in [2.05, 4.69) is 16.5 Å². The fourth-order valence-corrected chi connectivity index (χ4v) is 2.86. The molecule has 1 heterocycles. The van der Waals surface area contributed by atoms with Crippen molar-refractivity contribution in [3.05, 3.63) is 28.0 Å². The summed E-state index contributed by atoms with van der Waals surface area (Å²) in [6.45, 7) is 3.22. The molecule has 0 saturated carbocycles. The van der Waals surface area contributed by atoms with Gasteiger partial charge in [0.1, 0.15) is 0 Å². The second-order valence-electron chi connectivity index (χ2n) is 5.01. The first-order valence-corrected chi connectivity index (χ1v) is 7.89. The van der Waals surface area contributed by atoms with Crippen LogP contribution >= 0.6 is 23.8 Å². The largest absolute Gasteiger partial charge is 0.331 e. The molecule has 0 amide bonds. The van der Waals surface area contributed by atoms with E-state index in [9.17, 15) is 0 Å². The molecule has 104 valence electrons. The number of imidazole rings is 1. The van der Waals surface area contributed by atoms with Crippen LogP contribution in [-0.2, 0) is 6.54 Å². The molecular formula is C15H21ClN2S. The zero-order chi connectivity index (χ0) is 13.7. The van der Waals surface area contributed by atoms with Gasteiger partial charge in [0, 0.05) is 11.6 Å². The molecule has 1 N–H and O–H groups in total. The van der Waals surface area contributed by atoms with Crippen molar-refractivity contribution in [3.63, 3.8) is 0 Å². The minimum absolute atomic E-state index is 0.762. The van der Waals surface area contributed by atoms with Gasteiger partial charge in [0.15, 0.2) is 4.77 Å². The molecule has 1 aromatic heterocycles. The van der Waals surface area contributed by atoms with Gasteiger partial charge in [-0.1, -0.05) is 50.6 Å². The van der Waals surface area contributed by atoms with Gasteiger partial charge in [-0.2, -0.15) is 0 Å². The molecule has 1 aromatic carbocycles. The van der Waals surface area contributed by atoms with Crippen LogP contribution in [0, 0.1) is 4.77 Å². The Hall–Kier alpha value is -0.800. The highest BCUT2D eigenvalue weighted by atomic mass is 35.5. The fourth-order valence-electron chi connectivity index (χ4n) is 2.40. The summed E-state index contributed by atoms with van der Waals surface area (Å²) in [5.41, 5.74) is 2.19. The number of hydrogen-bond acceptors (Lipinski definition) is 1. The molecule has 0 radical (unpaired) electrons. The summed E-state index contributed by atoms with van der Waals surface area (Å²) in [7, 11) is 0. The molecule has 0 atom stereocenters. The summed E-state index contributed by atoms with van der Waals surface area (Å²) in [6, 6.07) is 5.87. The minimum Gasteiger partial charge on any atom is -0.331 e. The van der Waals surface area contributed by atoms with Crippen molar-refractivity contribution in [2.75, 3.05) is 0 Å². The third-order valence-electron chi connectivity index (χ3n) is 3.47. The van der Waals surface area contributed by atoms with E-state index in [-0.39, 0.29) is 0 Å². The lowest BCUT2D eigenvalue weighted by atomic mass is 10.1. The first-order chi connectivity index (χ1) is 9.22. The number of aryl methyl sites for hydroxylation is 1. The van der Waals surface area contributed by atoms with Gasteiger partial charge in [-0.3, -0.25) is 0 Å². The number of halogens is 1. The van der Waals surface area contributed by atoms with Crippen LogP contribution in [0.3, 0.4) is 0 Å². The maximum absolute atomic E-state index is 6.06. The first kappa shape index (κ1) is 14.6. The monoisotopic (exact) mass is 296 g/mol. The molecule has 2 nitrogen and oxygen atoms in total. The van der Waals surface area contributed by atoms with Crippen LogP contribution in [0.4, 0.5) is 0 Å². The van der Waals surface area contributed by atoms with Crippen LogP contribution in [0.1, 0.15) is 45.4 Å². The average molecular weight is 297 g/mol. The van der Waals surface area contributed by atoms with Gasteiger partial charge in [-0.25, -0.2) is 0 Å². The number of aromatic amines is 1. The normalized spacial score (nSPS) is 11.3. The van der Waals surface area contributed by atoms with Crippen molar-refractivity contribution >= 4 is 34.9 Å². The number of nitrogens with zero attached hydrogens (tertiary/aromatic N) is 1. The molecular weight excluding hydrogens is 276 g/mol. The van der Waals surface area contributed by atoms with Crippen LogP contribution in [0.15, 0.2) is 18.2 Å². The summed E-state index contributed by atoms with van der Waals surface area (Å²) in [4.78, 5) is 3.23. The molecule has 0 unspecified atom stereocenters. The molecule has 0 fully saturated rings. The Morgan fingerprint density at radius 3 is 2.68 bits per heavy atom. The van der Waals surface area contributed by atoms with Crippen LogP contribution in [0.2, 0.25) is 5.02 Å². The number of rotatable bonds is 7. The van der Waals surface area contributed by atoms with Crippen LogP contribution in [0.5, 0.6) is 0 Å². The predicted octanol–water partition coefficient (Wildman–Crippen LogP) is 5.71. The van der Waals surface area contributed by atoms with Gasteiger partial charge in [-0.15, -0.1) is 0 Å². The summed E-state index contributed by atoms with van der Waals surface area (Å²) >= 11 is 11.4. The molecule has 0 spiro atoms. The second-order valence-corrected chi connectivity index (χ2v) is 5.83. The quantitative estimate of drug-likeness (QED) is 0.512. The summed E-state index contributed by atoms with van der Waals surface area (Å²) < 4.78 is 2.96. The Bertz CT molecular complexity index is 585. The van der Waals surface area contributed by atoms with Crippen molar-refractivity contribution < 1.29 is 0 Å². The molecule has 19 heavy (non-hydrogen) atoms. The van der Waals surface area contributed by atoms with Gasteiger partial charge < -0.3 is 9.55 Å². The number of benzene rings is 1. The fraction of sp³-hybridized carbons (Fsp3) is 0.533. The molecule has 0 aliphatic rings. The Balaban J connectivity index is 1.98. The highest BCUT2D eigenvalue weighted by molar-refractivity contribution is 7.71. The number of unbranched alkanes of at least 4 members (excludes halogenated alkanes) is 5. The lowest BCUT2D eigenvalue weighted by molar-refractivity contribution is 0.561. The van der Waals surface area contributed by atoms with E-state index in [0.29, 0.717) is 0 Å². The number of hydrogen-bond donors (Lipinski definition) is 1. The Morgan fingerprint density at radius 2 is 1.89 bits per heavy atom. The van der Waals surface area contributed by atoms with Gasteiger partial charge in [0.25, 0.3) is 0 Å². The standard InChI is InChI=1S/C15H21ClN2S/c1-2-3-4-5-6-7-10-18-14-11-12(16)8-9-13(14)17-15(18)19/h8-9,11H,2-7,10H2,1H3,(H,17,19). The average Bonchev–Trinajstić information content (AvgIpc) is 2.69. The molecule has 2 rings (SSSR count). The van der Waals surface area contributed by atoms with Crippen molar-refractivity contribution in [3.8, 4) is 0 Å². The maximum Gasteiger partial charge on any atom is 0.178 e. The Morgan fingerprint density at radius 1 is 1.16 bits per heavy atom. The molecule has 0 aliphatic heterocycles. The molecule has 4 heteroatoms. The zero-order valence-corrected chi connectivity index (χ0v) is 13.0. The summed E-state index contributed by atoms with van der Waals surface area (Å²) in [6.07, 6.45) is 7.77. The maximum atomic E-state index is 6.06. The highest BCUT2D eigenvalue weighted by Gasteiger charge is 2.04. The van der Waals surface area contributed by atoms with E-state index in [1.807, 2.05) is 18.2 Å². The first-order valence-electron chi connectivity index (χ1n) is 7.10. The van der Waals surface area contributed by atoms with E-state index in [0.717, 1.165) is 27.4 Å². The topological polar surface area (TPSA) is 20.7 Å². The number of nitrogens with one attached hydrogen (secondary N) is 1. The van der Waals surface area contributed by atoms with Crippen LogP contribution < -0.4 is 0 Å². The lowest BCUT2D eigenvalue weighted by Crippen LogP contribution is -1.98. The molecule has 2 aromatic rings. The number of fused-ring (bicyclic) bond motifs is 1. The second kappa shape index (κ2) is 7.11. The summed E-state index contributed by atoms with van der Waals surface area (Å²) in [5.74, 6) is 0. The SMILES string of the molecule is CCCCCCCCn1c(=S)[nH]c2ccc(Cl)cc21. The number of aromatic nitrogens is 2. The van der Waals surface area contributed by atoms with Gasteiger partial charge in [0.05, 0.1) is 11.0 Å². The third-order valence-corrected chi connectivity index (χ3v) is 4.03. The van der Waals surface area contributed by atoms with Gasteiger partial charge >= 0.3 is 0 Å². The minimum atomic E-state index is 0.762. The zero-order valence-electron chi connectivity index (χ0n) is 11.4. The van der Waals surface area contributed by atoms with Crippen molar-refractivity contribution in [1.82, 2.24) is 9.55 Å². The van der Waals surface area contributed by atoms with E-state index in [4.69, 9.17) is 23.8 Å². The van der Waals surface area contributed by atoms with E-state index in [1.54, 1.807) is 0 Å². The molecule has 0 bridgehead atoms. The lowest BCUT2D eigenvalue weighted by Gasteiger charge is -2.05. The Kier molecular flexibility index (Phi) is 5.46. The highest BCUT2D eigenvalue weighted by Crippen LogP contribution is 2.20. The molecule has 0 saturated heterocycles. The molecule has 0 aliphatic carbocycles. The van der Waals surface area contributed by atoms with Gasteiger partial charge in [-0.05, 0) is 36.8 Å². The predicted molar refractivity (Wildman–Crippen MR) is 85.5 cm³/mol. The smallest absolute Gasteiger partial charge is 0.178 e. The van der Waals surface area contributed by atoms with Crippen molar-refractivity contribution in [2.45, 2.75) is 52.0 Å². The van der Waals surface area contributed by atoms with Crippen molar-refractivity contribution in [1.29, 1.82) is 0 Å². The van der Waals surface area contributed by atoms with E-state index >= 15 is 0 Å². The van der Waals surface area contributed by atoms with Crippen LogP contribution in [0.25, 0.3) is 11.0 Å².